The second-order valence-electron chi connectivity index (χ2n) is 3.96. The van der Waals surface area contributed by atoms with Crippen LogP contribution >= 0.6 is 0 Å². The van der Waals surface area contributed by atoms with Crippen molar-refractivity contribution >= 4 is 35.3 Å². The van der Waals surface area contributed by atoms with E-state index in [1.807, 2.05) is 6.07 Å². The zero-order valence-corrected chi connectivity index (χ0v) is 13.2. The Labute approximate surface area is 117 Å². The van der Waals surface area contributed by atoms with E-state index in [0.29, 0.717) is 14.5 Å². The Morgan fingerprint density at radius 1 is 1.06 bits per heavy atom. The van der Waals surface area contributed by atoms with Crippen molar-refractivity contribution in [2.45, 2.75) is 0 Å². The van der Waals surface area contributed by atoms with Gasteiger partial charge < -0.3 is 0 Å². The Hall–Kier alpha value is -1.05. The molecule has 0 amide bonds. The molecule has 0 atom stereocenters. The molecule has 4 heteroatoms. The van der Waals surface area contributed by atoms with E-state index < -0.39 is 0 Å². The summed E-state index contributed by atoms with van der Waals surface area (Å²) in [6.45, 7) is 0. The summed E-state index contributed by atoms with van der Waals surface area (Å²) in [4.78, 5) is 13.0. The molecule has 3 aromatic rings. The molecule has 0 spiro atoms. The van der Waals surface area contributed by atoms with Crippen molar-refractivity contribution in [3.63, 3.8) is 0 Å². The van der Waals surface area contributed by atoms with Crippen molar-refractivity contribution in [1.29, 1.82) is 0 Å². The summed E-state index contributed by atoms with van der Waals surface area (Å²) in [6, 6.07) is 12.7. The van der Waals surface area contributed by atoms with Crippen molar-refractivity contribution in [2.75, 3.05) is 0 Å². The summed E-state index contributed by atoms with van der Waals surface area (Å²) < 4.78 is 5.88. The van der Waals surface area contributed by atoms with Crippen molar-refractivity contribution in [1.82, 2.24) is 4.57 Å². The van der Waals surface area contributed by atoms with Crippen LogP contribution in [0.3, 0.4) is 0 Å². The Balaban J connectivity index is 2.07. The minimum absolute atomic E-state index is 0.165. The molecule has 0 aliphatic rings. The number of carbonyl (C=O) groups excluding carboxylic acids is 1. The van der Waals surface area contributed by atoms with Crippen LogP contribution in [0.15, 0.2) is 41.3 Å². The summed E-state index contributed by atoms with van der Waals surface area (Å²) >= 11 is 0.628. The Bertz CT molecular complexity index is 677. The molecular formula is C14H11NOSe2. The predicted octanol–water partition coefficient (Wildman–Crippen LogP) is 2.29. The van der Waals surface area contributed by atoms with Gasteiger partial charge in [0.05, 0.1) is 0 Å². The summed E-state index contributed by atoms with van der Waals surface area (Å²) in [7, 11) is 2.11. The van der Waals surface area contributed by atoms with Gasteiger partial charge in [-0.05, 0) is 0 Å². The molecule has 3 rings (SSSR count). The van der Waals surface area contributed by atoms with E-state index in [2.05, 4.69) is 46.9 Å². The van der Waals surface area contributed by atoms with Crippen molar-refractivity contribution in [3.05, 3.63) is 45.8 Å². The fraction of sp³-hybridized carbons (Fsp3) is 0.0714. The van der Waals surface area contributed by atoms with Gasteiger partial charge in [-0.15, -0.1) is 0 Å². The molecule has 0 aliphatic carbocycles. The quantitative estimate of drug-likeness (QED) is 0.514. The first kappa shape index (κ1) is 12.0. The first-order valence-electron chi connectivity index (χ1n) is 5.54. The van der Waals surface area contributed by atoms with Gasteiger partial charge in [-0.25, -0.2) is 0 Å². The van der Waals surface area contributed by atoms with Crippen molar-refractivity contribution in [2.24, 2.45) is 7.05 Å². The van der Waals surface area contributed by atoms with Crippen LogP contribution in [0.2, 0.25) is 0 Å². The van der Waals surface area contributed by atoms with E-state index >= 15 is 0 Å². The van der Waals surface area contributed by atoms with Gasteiger partial charge in [-0.2, -0.15) is 0 Å². The Kier molecular flexibility index (Phi) is 3.27. The minimum atomic E-state index is 0.165. The van der Waals surface area contributed by atoms with Crippen LogP contribution in [0.25, 0.3) is 20.3 Å². The third-order valence-corrected chi connectivity index (χ3v) is 6.93. The SMILES string of the molecule is Cn1c(-c2ccc[se]2)ccc1-c1ccc(C=O)[se]1. The van der Waals surface area contributed by atoms with E-state index in [1.165, 1.54) is 20.3 Å². The topological polar surface area (TPSA) is 22.0 Å². The summed E-state index contributed by atoms with van der Waals surface area (Å²) in [5.74, 6) is 0. The van der Waals surface area contributed by atoms with Gasteiger partial charge in [0.1, 0.15) is 0 Å². The maximum atomic E-state index is 10.8. The van der Waals surface area contributed by atoms with E-state index in [9.17, 15) is 4.79 Å². The second-order valence-corrected chi connectivity index (χ2v) is 8.29. The summed E-state index contributed by atoms with van der Waals surface area (Å²) in [6.07, 6.45) is 0.972. The summed E-state index contributed by atoms with van der Waals surface area (Å²) in [5.41, 5.74) is 2.54. The van der Waals surface area contributed by atoms with E-state index in [1.54, 1.807) is 0 Å². The van der Waals surface area contributed by atoms with Crippen LogP contribution in [0.1, 0.15) is 9.23 Å². The number of hydrogen-bond donors (Lipinski definition) is 0. The number of nitrogens with zero attached hydrogens (tertiary/aromatic N) is 1. The molecule has 90 valence electrons. The van der Waals surface area contributed by atoms with Gasteiger partial charge in [0.15, 0.2) is 0 Å². The number of carbonyl (C=O) groups is 1. The molecular weight excluding hydrogens is 356 g/mol. The van der Waals surface area contributed by atoms with Crippen LogP contribution < -0.4 is 0 Å². The van der Waals surface area contributed by atoms with Crippen LogP contribution in [-0.2, 0) is 7.05 Å². The van der Waals surface area contributed by atoms with Gasteiger partial charge in [0.25, 0.3) is 0 Å². The number of aromatic nitrogens is 1. The third-order valence-electron chi connectivity index (χ3n) is 2.89. The van der Waals surface area contributed by atoms with E-state index in [0.717, 1.165) is 10.7 Å². The average Bonchev–Trinajstić information content (AvgIpc) is 3.07. The molecule has 0 bridgehead atoms. The fourth-order valence-corrected chi connectivity index (χ4v) is 5.49. The molecule has 3 aromatic heterocycles. The molecule has 18 heavy (non-hydrogen) atoms. The molecule has 0 aliphatic heterocycles. The van der Waals surface area contributed by atoms with Gasteiger partial charge in [0.2, 0.25) is 0 Å². The van der Waals surface area contributed by atoms with Crippen LogP contribution in [0, 0.1) is 0 Å². The van der Waals surface area contributed by atoms with Gasteiger partial charge >= 0.3 is 118 Å². The molecule has 0 fully saturated rings. The third kappa shape index (κ3) is 2.02. The van der Waals surface area contributed by atoms with Crippen molar-refractivity contribution < 1.29 is 4.79 Å². The molecule has 0 aromatic carbocycles. The Morgan fingerprint density at radius 3 is 2.44 bits per heavy atom. The fourth-order valence-electron chi connectivity index (χ4n) is 1.98. The molecule has 3 heterocycles. The summed E-state index contributed by atoms with van der Waals surface area (Å²) in [5, 5.41) is 0. The number of hydrogen-bond acceptors (Lipinski definition) is 1. The van der Waals surface area contributed by atoms with Gasteiger partial charge in [-0.1, -0.05) is 0 Å². The molecule has 0 unspecified atom stereocenters. The average molecular weight is 367 g/mol. The van der Waals surface area contributed by atoms with E-state index in [4.69, 9.17) is 0 Å². The molecule has 0 radical (unpaired) electrons. The van der Waals surface area contributed by atoms with Crippen LogP contribution in [0.5, 0.6) is 0 Å². The Morgan fingerprint density at radius 2 is 1.83 bits per heavy atom. The second kappa shape index (κ2) is 4.91. The zero-order valence-electron chi connectivity index (χ0n) is 9.79. The van der Waals surface area contributed by atoms with Crippen LogP contribution in [0.4, 0.5) is 0 Å². The number of aldehydes is 1. The standard InChI is InChI=1S/C14H11NOSe2/c1-15-11(13-3-2-8-17-13)5-6-12(15)14-7-4-10(9-16)18-14/h2-9H,1H3. The first-order valence-corrected chi connectivity index (χ1v) is 9.10. The zero-order chi connectivity index (χ0) is 12.5. The van der Waals surface area contributed by atoms with E-state index in [-0.39, 0.29) is 14.5 Å². The van der Waals surface area contributed by atoms with Gasteiger partial charge in [-0.3, -0.25) is 0 Å². The van der Waals surface area contributed by atoms with Crippen molar-refractivity contribution in [3.8, 4) is 20.3 Å². The molecule has 0 saturated carbocycles. The van der Waals surface area contributed by atoms with Gasteiger partial charge in [0, 0.05) is 0 Å². The number of rotatable bonds is 3. The maximum absolute atomic E-state index is 10.8. The predicted molar refractivity (Wildman–Crippen MR) is 75.6 cm³/mol. The first-order chi connectivity index (χ1) is 8.79. The normalized spacial score (nSPS) is 10.7. The monoisotopic (exact) mass is 369 g/mol. The molecule has 0 saturated heterocycles. The molecule has 2 nitrogen and oxygen atoms in total. The van der Waals surface area contributed by atoms with Crippen LogP contribution in [-0.4, -0.2) is 39.9 Å². The molecule has 0 N–H and O–H groups in total.